The lowest BCUT2D eigenvalue weighted by molar-refractivity contribution is -0.148. The fourth-order valence-corrected chi connectivity index (χ4v) is 14.5. The molecule has 4 atom stereocenters. The lowest BCUT2D eigenvalue weighted by atomic mass is 9.73. The molecule has 6 saturated heterocycles. The van der Waals surface area contributed by atoms with E-state index >= 15 is 4.79 Å². The predicted octanol–water partition coefficient (Wildman–Crippen LogP) is 7.08. The molecule has 16 nitrogen and oxygen atoms in total. The van der Waals surface area contributed by atoms with Crippen LogP contribution >= 0.6 is 0 Å². The van der Waals surface area contributed by atoms with Crippen LogP contribution in [0.1, 0.15) is 146 Å². The van der Waals surface area contributed by atoms with E-state index in [9.17, 15) is 19.2 Å². The van der Waals surface area contributed by atoms with Gasteiger partial charge in [-0.2, -0.15) is 0 Å². The van der Waals surface area contributed by atoms with Gasteiger partial charge in [-0.05, 0) is 153 Å². The molecule has 10 heterocycles. The second-order valence-corrected chi connectivity index (χ2v) is 23.6. The molecule has 5 amide bonds. The van der Waals surface area contributed by atoms with Crippen molar-refractivity contribution in [3.05, 3.63) is 60.0 Å². The second-order valence-electron chi connectivity index (χ2n) is 23.6. The summed E-state index contributed by atoms with van der Waals surface area (Å²) in [6.07, 6.45) is 18.6. The van der Waals surface area contributed by atoms with E-state index in [1.54, 1.807) is 6.20 Å². The zero-order valence-electron chi connectivity index (χ0n) is 42.6. The van der Waals surface area contributed by atoms with Crippen LogP contribution in [-0.4, -0.2) is 133 Å². The third kappa shape index (κ3) is 8.28. The number of piperidine rings is 5. The molecular formula is C57H71N11O5. The summed E-state index contributed by atoms with van der Waals surface area (Å²) in [4.78, 5) is 94.4. The maximum Gasteiger partial charge on any atom is 0.238 e. The van der Waals surface area contributed by atoms with Gasteiger partial charge in [0, 0.05) is 98.1 Å². The van der Waals surface area contributed by atoms with Gasteiger partial charge in [0.2, 0.25) is 29.5 Å². The molecule has 2 N–H and O–H groups in total. The predicted molar refractivity (Wildman–Crippen MR) is 278 cm³/mol. The number of nitrogens with zero attached hydrogens (tertiary/aromatic N) is 9. The molecule has 1 unspecified atom stereocenters. The smallest absolute Gasteiger partial charge is 0.238 e. The maximum absolute atomic E-state index is 15.3. The number of fused-ring (bicyclic) bond motifs is 5. The van der Waals surface area contributed by atoms with Crippen molar-refractivity contribution in [2.75, 3.05) is 54.4 Å². The number of carbonyl (C=O) groups is 5. The normalized spacial score (nSPS) is 28.5. The van der Waals surface area contributed by atoms with Crippen LogP contribution < -0.4 is 20.4 Å². The zero-order valence-corrected chi connectivity index (χ0v) is 42.6. The Bertz CT molecular complexity index is 2820. The SMILES string of the molecule is CC(C)n1cnc2cc(-c3ccc4c(c3)N([C@H]3C[C@@H](N5CCCCC5)C3)C(=O)C43CCN(C(=O)[C@@H]4CC5CC[C@@H](C4)N5C(=O)C4CCN(c5ccc([C@H]6CCC(=O)NC6=O)cn5)CC4)CC3)nc(NC3CC3)c21. The molecule has 3 aromatic heterocycles. The molecule has 7 aliphatic heterocycles. The van der Waals surface area contributed by atoms with Crippen molar-refractivity contribution in [3.63, 3.8) is 0 Å². The van der Waals surface area contributed by atoms with Gasteiger partial charge in [0.05, 0.1) is 28.9 Å². The Balaban J connectivity index is 0.678. The van der Waals surface area contributed by atoms with Crippen molar-refractivity contribution in [2.45, 2.75) is 171 Å². The Labute approximate surface area is 428 Å². The Morgan fingerprint density at radius 3 is 2.19 bits per heavy atom. The first-order chi connectivity index (χ1) is 35.5. The molecule has 16 heteroatoms. The van der Waals surface area contributed by atoms with E-state index in [0.717, 1.165) is 128 Å². The molecule has 8 fully saturated rings. The van der Waals surface area contributed by atoms with Crippen molar-refractivity contribution >= 4 is 57.9 Å². The van der Waals surface area contributed by atoms with Crippen LogP contribution in [0.2, 0.25) is 0 Å². The lowest BCUT2D eigenvalue weighted by Crippen LogP contribution is -2.59. The molecule has 13 rings (SSSR count). The standard InChI is InChI=1S/C57H71N11O5/c1-34(2)66-33-59-47-31-46(61-52(51(47)66)60-39-8-9-39)36-6-13-45-48(28-36)68(43-29-42(30-43)63-20-4-3-5-21-63)56(73)57(45)18-24-65(25-19-57)54(71)38-26-40-10-11-41(27-38)67(40)55(72)35-16-22-64(23-17-35)49-14-7-37(32-58-49)44-12-15-50(69)62-53(44)70/h6-7,13-14,28,31-35,38-44H,3-5,8-12,15-27,29-30H2,1-2H3,(H,60,61)(H,62,69,70)/t38-,40-,41?,42-,43+,44+/m0/s1. The highest BCUT2D eigenvalue weighted by Gasteiger charge is 2.57. The number of benzene rings is 1. The summed E-state index contributed by atoms with van der Waals surface area (Å²) < 4.78 is 2.20. The van der Waals surface area contributed by atoms with Crippen LogP contribution in [0.15, 0.2) is 48.9 Å². The first-order valence-corrected chi connectivity index (χ1v) is 28.0. The van der Waals surface area contributed by atoms with Gasteiger partial charge in [-0.3, -0.25) is 29.3 Å². The summed E-state index contributed by atoms with van der Waals surface area (Å²) in [6, 6.07) is 14.1. The Morgan fingerprint density at radius 2 is 1.51 bits per heavy atom. The van der Waals surface area contributed by atoms with Crippen molar-refractivity contribution < 1.29 is 24.0 Å². The topological polar surface area (TPSA) is 169 Å². The van der Waals surface area contributed by atoms with E-state index in [1.807, 2.05) is 18.5 Å². The van der Waals surface area contributed by atoms with Crippen LogP contribution in [0.4, 0.5) is 17.3 Å². The van der Waals surface area contributed by atoms with E-state index in [0.29, 0.717) is 63.7 Å². The number of pyridine rings is 2. The number of imidazole rings is 1. The molecule has 1 spiro atoms. The molecule has 1 aromatic carbocycles. The minimum absolute atomic E-state index is 0.0537. The second kappa shape index (κ2) is 18.5. The number of anilines is 3. The minimum atomic E-state index is -0.674. The minimum Gasteiger partial charge on any atom is -0.366 e. The van der Waals surface area contributed by atoms with Crippen molar-refractivity contribution in [1.82, 2.24) is 39.5 Å². The number of amides is 5. The fourth-order valence-electron chi connectivity index (χ4n) is 14.5. The van der Waals surface area contributed by atoms with Crippen molar-refractivity contribution in [2.24, 2.45) is 11.8 Å². The third-order valence-corrected chi connectivity index (χ3v) is 18.9. The number of aromatic nitrogens is 4. The van der Waals surface area contributed by atoms with E-state index in [4.69, 9.17) is 15.0 Å². The molecular weight excluding hydrogens is 919 g/mol. The van der Waals surface area contributed by atoms with Crippen LogP contribution in [-0.2, 0) is 29.4 Å². The number of nitrogens with one attached hydrogen (secondary N) is 2. The van der Waals surface area contributed by atoms with Gasteiger partial charge >= 0.3 is 0 Å². The highest BCUT2D eigenvalue weighted by molar-refractivity contribution is 6.09. The summed E-state index contributed by atoms with van der Waals surface area (Å²) in [5.41, 5.74) is 6.07. The number of rotatable bonds is 10. The van der Waals surface area contributed by atoms with Gasteiger partial charge in [-0.15, -0.1) is 0 Å². The maximum atomic E-state index is 15.3. The summed E-state index contributed by atoms with van der Waals surface area (Å²) in [5.74, 6) is 1.34. The van der Waals surface area contributed by atoms with Gasteiger partial charge in [-0.1, -0.05) is 24.6 Å². The van der Waals surface area contributed by atoms with Crippen molar-refractivity contribution in [3.8, 4) is 11.3 Å². The summed E-state index contributed by atoms with van der Waals surface area (Å²) in [6.45, 7) is 9.21. The van der Waals surface area contributed by atoms with Crippen molar-refractivity contribution in [1.29, 1.82) is 0 Å². The van der Waals surface area contributed by atoms with Gasteiger partial charge < -0.3 is 34.4 Å². The zero-order chi connectivity index (χ0) is 49.7. The Hall–Kier alpha value is -5.90. The fraction of sp³-hybridized carbons (Fsp3) is 0.614. The first-order valence-electron chi connectivity index (χ1n) is 28.0. The Kier molecular flexibility index (Phi) is 11.9. The van der Waals surface area contributed by atoms with Crippen LogP contribution in [0.5, 0.6) is 0 Å². The number of hydrogen-bond acceptors (Lipinski definition) is 11. The van der Waals surface area contributed by atoms with Crippen LogP contribution in [0.25, 0.3) is 22.3 Å². The van der Waals surface area contributed by atoms with E-state index in [1.165, 1.54) is 19.3 Å². The van der Waals surface area contributed by atoms with Gasteiger partial charge in [0.15, 0.2) is 5.82 Å². The van der Waals surface area contributed by atoms with Gasteiger partial charge in [0.1, 0.15) is 11.3 Å². The number of carbonyl (C=O) groups excluding carboxylic acids is 5. The Morgan fingerprint density at radius 1 is 0.753 bits per heavy atom. The average molecular weight is 990 g/mol. The van der Waals surface area contributed by atoms with E-state index < -0.39 is 5.41 Å². The highest BCUT2D eigenvalue weighted by Crippen LogP contribution is 2.53. The number of hydrogen-bond donors (Lipinski definition) is 2. The number of imide groups is 1. The third-order valence-electron chi connectivity index (χ3n) is 18.9. The van der Waals surface area contributed by atoms with E-state index in [-0.39, 0.29) is 71.5 Å². The van der Waals surface area contributed by atoms with Gasteiger partial charge in [-0.25, -0.2) is 15.0 Å². The first kappa shape index (κ1) is 46.9. The largest absolute Gasteiger partial charge is 0.366 e. The molecule has 2 bridgehead atoms. The molecule has 2 saturated carbocycles. The average Bonchev–Trinajstić information content (AvgIpc) is 3.98. The molecule has 9 aliphatic rings. The summed E-state index contributed by atoms with van der Waals surface area (Å²) in [7, 11) is 0. The summed E-state index contributed by atoms with van der Waals surface area (Å²) >= 11 is 0. The molecule has 0 radical (unpaired) electrons. The molecule has 384 valence electrons. The van der Waals surface area contributed by atoms with Gasteiger partial charge in [0.25, 0.3) is 0 Å². The highest BCUT2D eigenvalue weighted by atomic mass is 16.2. The quantitative estimate of drug-likeness (QED) is 0.156. The molecule has 4 aromatic rings. The lowest BCUT2D eigenvalue weighted by Gasteiger charge is -2.48. The number of likely N-dealkylation sites (tertiary alicyclic amines) is 2. The van der Waals surface area contributed by atoms with Crippen LogP contribution in [0.3, 0.4) is 0 Å². The van der Waals surface area contributed by atoms with E-state index in [2.05, 4.69) is 77.8 Å². The molecule has 2 aliphatic carbocycles. The monoisotopic (exact) mass is 990 g/mol. The summed E-state index contributed by atoms with van der Waals surface area (Å²) in [5, 5.41) is 6.15. The van der Waals surface area contributed by atoms with Crippen LogP contribution in [0, 0.1) is 11.8 Å². The molecule has 73 heavy (non-hydrogen) atoms.